The highest BCUT2D eigenvalue weighted by Gasteiger charge is 2.34. The molecule has 3 rings (SSSR count). The van der Waals surface area contributed by atoms with Gasteiger partial charge in [0.1, 0.15) is 18.5 Å². The molecule has 2 aliphatic rings. The molecule has 1 aromatic rings. The fourth-order valence-electron chi connectivity index (χ4n) is 3.14. The summed E-state index contributed by atoms with van der Waals surface area (Å²) >= 11 is 0. The zero-order chi connectivity index (χ0) is 17.1. The molecule has 0 aromatic heterocycles. The van der Waals surface area contributed by atoms with Crippen molar-refractivity contribution in [3.8, 4) is 5.75 Å². The zero-order valence-corrected chi connectivity index (χ0v) is 14.7. The van der Waals surface area contributed by atoms with E-state index in [9.17, 15) is 9.90 Å². The maximum absolute atomic E-state index is 12.0. The van der Waals surface area contributed by atoms with E-state index >= 15 is 0 Å². The highest BCUT2D eigenvalue weighted by molar-refractivity contribution is 5.81. The van der Waals surface area contributed by atoms with Crippen LogP contribution in [-0.2, 0) is 4.79 Å². The van der Waals surface area contributed by atoms with Crippen LogP contribution in [0.25, 0.3) is 0 Å². The van der Waals surface area contributed by atoms with Crippen molar-refractivity contribution < 1.29 is 14.6 Å². The number of nitrogens with zero attached hydrogens (tertiary/aromatic N) is 2. The lowest BCUT2D eigenvalue weighted by molar-refractivity contribution is -0.134. The van der Waals surface area contributed by atoms with Gasteiger partial charge in [0.05, 0.1) is 0 Å². The van der Waals surface area contributed by atoms with Crippen LogP contribution in [-0.4, -0.2) is 66.2 Å². The van der Waals surface area contributed by atoms with E-state index in [2.05, 4.69) is 11.0 Å². The molecule has 1 heterocycles. The van der Waals surface area contributed by atoms with E-state index in [0.29, 0.717) is 25.0 Å². The first-order valence-electron chi connectivity index (χ1n) is 8.92. The van der Waals surface area contributed by atoms with Gasteiger partial charge in [0, 0.05) is 38.6 Å². The third-order valence-corrected chi connectivity index (χ3v) is 4.85. The van der Waals surface area contributed by atoms with Gasteiger partial charge in [0.2, 0.25) is 5.91 Å². The van der Waals surface area contributed by atoms with Gasteiger partial charge in [-0.3, -0.25) is 9.69 Å². The minimum absolute atomic E-state index is 0.297. The minimum Gasteiger partial charge on any atom is -0.491 e. The van der Waals surface area contributed by atoms with Crippen molar-refractivity contribution in [2.75, 3.05) is 39.3 Å². The van der Waals surface area contributed by atoms with Crippen LogP contribution < -0.4 is 4.74 Å². The van der Waals surface area contributed by atoms with E-state index in [1.165, 1.54) is 0 Å². The Morgan fingerprint density at radius 2 is 1.96 bits per heavy atom. The normalized spacial score (nSPS) is 20.0. The molecular weight excluding hydrogens is 304 g/mol. The van der Waals surface area contributed by atoms with Crippen LogP contribution >= 0.6 is 0 Å². The largest absolute Gasteiger partial charge is 0.491 e. The van der Waals surface area contributed by atoms with E-state index in [4.69, 9.17) is 4.74 Å². The molecule has 132 valence electrons. The third-order valence-electron chi connectivity index (χ3n) is 4.85. The maximum atomic E-state index is 12.0. The molecule has 2 fully saturated rings. The van der Waals surface area contributed by atoms with Gasteiger partial charge in [-0.05, 0) is 43.9 Å². The van der Waals surface area contributed by atoms with Gasteiger partial charge in [-0.2, -0.15) is 0 Å². The van der Waals surface area contributed by atoms with Crippen molar-refractivity contribution in [3.05, 3.63) is 29.3 Å². The van der Waals surface area contributed by atoms with Crippen LogP contribution in [0.4, 0.5) is 0 Å². The number of piperazine rings is 1. The molecule has 1 saturated heterocycles. The first-order chi connectivity index (χ1) is 11.5. The van der Waals surface area contributed by atoms with Crippen LogP contribution in [0, 0.1) is 19.8 Å². The first-order valence-corrected chi connectivity index (χ1v) is 8.92. The zero-order valence-electron chi connectivity index (χ0n) is 14.7. The number of β-amino-alcohol motifs (C(OH)–C–C–N with tert-alkyl or cyclic N) is 1. The molecule has 1 aromatic carbocycles. The molecule has 24 heavy (non-hydrogen) atoms. The van der Waals surface area contributed by atoms with Crippen LogP contribution in [0.1, 0.15) is 24.0 Å². The summed E-state index contributed by atoms with van der Waals surface area (Å²) in [5, 5.41) is 10.2. The summed E-state index contributed by atoms with van der Waals surface area (Å²) in [5.74, 6) is 1.47. The summed E-state index contributed by atoms with van der Waals surface area (Å²) in [6.07, 6.45) is 1.61. The Morgan fingerprint density at radius 1 is 1.25 bits per heavy atom. The van der Waals surface area contributed by atoms with E-state index in [-0.39, 0.29) is 0 Å². The second-order valence-corrected chi connectivity index (χ2v) is 7.13. The summed E-state index contributed by atoms with van der Waals surface area (Å²) in [7, 11) is 0. The molecule has 0 bridgehead atoms. The average Bonchev–Trinajstić information content (AvgIpc) is 3.41. The number of carbonyl (C=O) groups is 1. The molecule has 0 spiro atoms. The number of benzene rings is 1. The van der Waals surface area contributed by atoms with Crippen molar-refractivity contribution in [2.45, 2.75) is 32.8 Å². The lowest BCUT2D eigenvalue weighted by atomic mass is 10.1. The number of hydrogen-bond donors (Lipinski definition) is 1. The minimum atomic E-state index is -0.518. The number of aliphatic hydroxyl groups excluding tert-OH is 1. The van der Waals surface area contributed by atoms with Gasteiger partial charge >= 0.3 is 0 Å². The molecule has 1 aliphatic carbocycles. The fraction of sp³-hybridized carbons (Fsp3) is 0.632. The number of amides is 1. The topological polar surface area (TPSA) is 53.0 Å². The summed E-state index contributed by atoms with van der Waals surface area (Å²) in [6, 6.07) is 6.10. The van der Waals surface area contributed by atoms with Crippen LogP contribution in [0.15, 0.2) is 18.2 Å². The molecule has 1 unspecified atom stereocenters. The maximum Gasteiger partial charge on any atom is 0.225 e. The van der Waals surface area contributed by atoms with Gasteiger partial charge in [0.25, 0.3) is 0 Å². The Kier molecular flexibility index (Phi) is 5.41. The quantitative estimate of drug-likeness (QED) is 0.860. The molecule has 5 heteroatoms. The smallest absolute Gasteiger partial charge is 0.225 e. The summed E-state index contributed by atoms with van der Waals surface area (Å²) in [4.78, 5) is 16.2. The second kappa shape index (κ2) is 7.53. The molecule has 1 aliphatic heterocycles. The summed E-state index contributed by atoms with van der Waals surface area (Å²) < 4.78 is 5.78. The number of rotatable bonds is 6. The Labute approximate surface area is 144 Å². The van der Waals surface area contributed by atoms with Gasteiger partial charge in [-0.25, -0.2) is 0 Å². The standard InChI is InChI=1S/C19H28N2O3/c1-14-3-4-15(2)18(11-14)24-13-17(22)12-20-7-9-21(10-8-20)19(23)16-5-6-16/h3-4,11,16-17,22H,5-10,12-13H2,1-2H3. The molecule has 1 N–H and O–H groups in total. The molecule has 1 amide bonds. The molecule has 0 radical (unpaired) electrons. The van der Waals surface area contributed by atoms with Crippen molar-refractivity contribution in [3.63, 3.8) is 0 Å². The van der Waals surface area contributed by atoms with Crippen LogP contribution in [0.2, 0.25) is 0 Å². The summed E-state index contributed by atoms with van der Waals surface area (Å²) in [5.41, 5.74) is 2.24. The van der Waals surface area contributed by atoms with E-state index < -0.39 is 6.10 Å². The molecule has 1 saturated carbocycles. The van der Waals surface area contributed by atoms with Crippen molar-refractivity contribution in [1.29, 1.82) is 0 Å². The van der Waals surface area contributed by atoms with E-state index in [1.54, 1.807) is 0 Å². The third kappa shape index (κ3) is 4.48. The lowest BCUT2D eigenvalue weighted by Crippen LogP contribution is -2.51. The van der Waals surface area contributed by atoms with Gasteiger partial charge in [-0.1, -0.05) is 12.1 Å². The summed E-state index contributed by atoms with van der Waals surface area (Å²) in [6.45, 7) is 8.15. The van der Waals surface area contributed by atoms with Gasteiger partial charge < -0.3 is 14.7 Å². The number of ether oxygens (including phenoxy) is 1. The first kappa shape index (κ1) is 17.2. The van der Waals surface area contributed by atoms with Crippen LogP contribution in [0.5, 0.6) is 5.75 Å². The molecule has 5 nitrogen and oxygen atoms in total. The molecule has 1 atom stereocenters. The van der Waals surface area contributed by atoms with Gasteiger partial charge in [-0.15, -0.1) is 0 Å². The number of carbonyl (C=O) groups excluding carboxylic acids is 1. The van der Waals surface area contributed by atoms with Crippen molar-refractivity contribution >= 4 is 5.91 Å². The van der Waals surface area contributed by atoms with Crippen LogP contribution in [0.3, 0.4) is 0 Å². The Balaban J connectivity index is 1.40. The van der Waals surface area contributed by atoms with Crippen molar-refractivity contribution in [2.24, 2.45) is 5.92 Å². The Bertz CT molecular complexity index is 578. The average molecular weight is 332 g/mol. The van der Waals surface area contributed by atoms with Gasteiger partial charge in [0.15, 0.2) is 0 Å². The van der Waals surface area contributed by atoms with E-state index in [0.717, 1.165) is 55.9 Å². The monoisotopic (exact) mass is 332 g/mol. The highest BCUT2D eigenvalue weighted by Crippen LogP contribution is 2.31. The number of aliphatic hydroxyl groups is 1. The highest BCUT2D eigenvalue weighted by atomic mass is 16.5. The second-order valence-electron chi connectivity index (χ2n) is 7.13. The number of aryl methyl sites for hydroxylation is 2. The van der Waals surface area contributed by atoms with E-state index in [1.807, 2.05) is 30.9 Å². The Morgan fingerprint density at radius 3 is 2.62 bits per heavy atom. The number of hydrogen-bond acceptors (Lipinski definition) is 4. The Hall–Kier alpha value is -1.59. The molecular formula is C19H28N2O3. The SMILES string of the molecule is Cc1ccc(C)c(OCC(O)CN2CCN(C(=O)C3CC3)CC2)c1. The predicted octanol–water partition coefficient (Wildman–Crippen LogP) is 1.60. The lowest BCUT2D eigenvalue weighted by Gasteiger charge is -2.35. The fourth-order valence-corrected chi connectivity index (χ4v) is 3.14. The predicted molar refractivity (Wildman–Crippen MR) is 93.2 cm³/mol. The van der Waals surface area contributed by atoms with Crippen molar-refractivity contribution in [1.82, 2.24) is 9.80 Å².